The molecule has 0 amide bonds. The third-order valence-corrected chi connectivity index (χ3v) is 4.22. The molecular formula is C23H33NO11. The summed E-state index contributed by atoms with van der Waals surface area (Å²) < 4.78 is 29.9. The Bertz CT molecular complexity index is 899. The molecule has 0 saturated heterocycles. The molecule has 35 heavy (non-hydrogen) atoms. The van der Waals surface area contributed by atoms with Crippen molar-refractivity contribution in [1.82, 2.24) is 0 Å². The summed E-state index contributed by atoms with van der Waals surface area (Å²) >= 11 is 0. The van der Waals surface area contributed by atoms with Crippen LogP contribution in [0.4, 0.5) is 14.4 Å². The molecule has 1 aromatic carbocycles. The third-order valence-electron chi connectivity index (χ3n) is 4.22. The van der Waals surface area contributed by atoms with Crippen LogP contribution in [0.15, 0.2) is 18.2 Å². The van der Waals surface area contributed by atoms with Crippen LogP contribution in [0.3, 0.4) is 0 Å². The van der Waals surface area contributed by atoms with Gasteiger partial charge in [-0.15, -0.1) is 0 Å². The van der Waals surface area contributed by atoms with Gasteiger partial charge < -0.3 is 39.3 Å². The molecule has 2 atom stereocenters. The number of hydrogen-bond acceptors (Lipinski definition) is 11. The Balaban J connectivity index is 3.18. The molecular weight excluding hydrogens is 466 g/mol. The van der Waals surface area contributed by atoms with Gasteiger partial charge in [-0.25, -0.2) is 14.4 Å². The zero-order valence-electron chi connectivity index (χ0n) is 20.7. The van der Waals surface area contributed by atoms with E-state index in [0.717, 1.165) is 0 Å². The number of hydrogen-bond donors (Lipinski definition) is 2. The fourth-order valence-electron chi connectivity index (χ4n) is 2.91. The molecule has 0 fully saturated rings. The van der Waals surface area contributed by atoms with Crippen LogP contribution in [0.2, 0.25) is 0 Å². The van der Waals surface area contributed by atoms with Gasteiger partial charge in [0.05, 0.1) is 18.8 Å². The minimum atomic E-state index is -1.86. The van der Waals surface area contributed by atoms with Crippen LogP contribution in [0.25, 0.3) is 0 Å². The Labute approximate surface area is 203 Å². The van der Waals surface area contributed by atoms with Crippen molar-refractivity contribution in [2.75, 3.05) is 6.61 Å². The van der Waals surface area contributed by atoms with Crippen LogP contribution in [0.5, 0.6) is 11.5 Å². The fraction of sp³-hybridized carbons (Fsp3) is 0.565. The lowest BCUT2D eigenvalue weighted by molar-refractivity contribution is -0.144. The van der Waals surface area contributed by atoms with E-state index in [1.54, 1.807) is 34.6 Å². The van der Waals surface area contributed by atoms with E-state index >= 15 is 0 Å². The number of rotatable bonds is 11. The SMILES string of the molecule is CCOC(=O)O[C@@H](C)CC(N)(Cc1ccc(OC(=O)OC(C)C)c(OC(=O)OC(C)C)c1)C(=O)O. The standard InChI is InChI=1S/C23H33NO11/c1-7-30-20(27)33-15(6)11-23(24,19(25)26)12-16-8-9-17(34-21(28)31-13(2)3)18(10-16)35-22(29)32-14(4)5/h8-10,13-15H,7,11-12,24H2,1-6H3,(H,25,26)/t15-,23?/m0/s1. The molecule has 0 saturated carbocycles. The predicted octanol–water partition coefficient (Wildman–Crippen LogP) is 3.81. The van der Waals surface area contributed by atoms with E-state index in [9.17, 15) is 24.3 Å². The maximum Gasteiger partial charge on any atom is 0.514 e. The van der Waals surface area contributed by atoms with Crippen LogP contribution in [0, 0.1) is 0 Å². The molecule has 12 heteroatoms. The second-order valence-electron chi connectivity index (χ2n) is 8.27. The van der Waals surface area contributed by atoms with Gasteiger partial charge in [-0.05, 0) is 59.2 Å². The van der Waals surface area contributed by atoms with Crippen LogP contribution >= 0.6 is 0 Å². The van der Waals surface area contributed by atoms with Gasteiger partial charge >= 0.3 is 24.4 Å². The largest absolute Gasteiger partial charge is 0.514 e. The van der Waals surface area contributed by atoms with Crippen molar-refractivity contribution in [1.29, 1.82) is 0 Å². The number of carbonyl (C=O) groups is 4. The summed E-state index contributed by atoms with van der Waals surface area (Å²) in [5.41, 5.74) is 4.61. The predicted molar refractivity (Wildman–Crippen MR) is 121 cm³/mol. The van der Waals surface area contributed by atoms with Crippen molar-refractivity contribution >= 4 is 24.4 Å². The number of aliphatic carboxylic acids is 1. The van der Waals surface area contributed by atoms with Crippen molar-refractivity contribution in [3.8, 4) is 11.5 Å². The molecule has 0 aliphatic heterocycles. The number of carbonyl (C=O) groups excluding carboxylic acids is 3. The molecule has 0 aromatic heterocycles. The maximum atomic E-state index is 12.0. The summed E-state index contributed by atoms with van der Waals surface area (Å²) in [5, 5.41) is 9.76. The summed E-state index contributed by atoms with van der Waals surface area (Å²) in [4.78, 5) is 47.5. The van der Waals surface area contributed by atoms with Crippen molar-refractivity contribution in [2.24, 2.45) is 5.73 Å². The summed E-state index contributed by atoms with van der Waals surface area (Å²) in [7, 11) is 0. The van der Waals surface area contributed by atoms with E-state index < -0.39 is 48.3 Å². The van der Waals surface area contributed by atoms with Gasteiger partial charge in [0.15, 0.2) is 11.5 Å². The lowest BCUT2D eigenvalue weighted by atomic mass is 9.86. The van der Waals surface area contributed by atoms with Gasteiger partial charge in [-0.3, -0.25) is 4.79 Å². The molecule has 0 heterocycles. The zero-order chi connectivity index (χ0) is 26.8. The Morgan fingerprint density at radius 2 is 1.43 bits per heavy atom. The Morgan fingerprint density at radius 3 is 1.91 bits per heavy atom. The Hall–Kier alpha value is -3.54. The molecule has 0 radical (unpaired) electrons. The minimum Gasteiger partial charge on any atom is -0.480 e. The number of ether oxygens (including phenoxy) is 6. The quantitative estimate of drug-likeness (QED) is 0.257. The van der Waals surface area contributed by atoms with Crippen molar-refractivity contribution in [3.63, 3.8) is 0 Å². The molecule has 1 aromatic rings. The van der Waals surface area contributed by atoms with Crippen molar-refractivity contribution in [2.45, 2.75) is 78.2 Å². The number of carboxylic acid groups (broad SMARTS) is 1. The summed E-state index contributed by atoms with van der Waals surface area (Å²) in [5.74, 6) is -1.71. The van der Waals surface area contributed by atoms with Gasteiger partial charge in [0.25, 0.3) is 0 Å². The molecule has 0 bridgehead atoms. The highest BCUT2D eigenvalue weighted by atomic mass is 16.8. The lowest BCUT2D eigenvalue weighted by Crippen LogP contribution is -2.52. The van der Waals surface area contributed by atoms with Crippen LogP contribution in [-0.4, -0.2) is 60.0 Å². The topological polar surface area (TPSA) is 170 Å². The molecule has 12 nitrogen and oxygen atoms in total. The average molecular weight is 500 g/mol. The minimum absolute atomic E-state index is 0.0966. The summed E-state index contributed by atoms with van der Waals surface area (Å²) in [6, 6.07) is 4.04. The molecule has 3 N–H and O–H groups in total. The smallest absolute Gasteiger partial charge is 0.480 e. The van der Waals surface area contributed by atoms with Gasteiger partial charge in [-0.2, -0.15) is 0 Å². The fourth-order valence-corrected chi connectivity index (χ4v) is 2.91. The van der Waals surface area contributed by atoms with E-state index in [1.807, 2.05) is 0 Å². The zero-order valence-corrected chi connectivity index (χ0v) is 20.7. The highest BCUT2D eigenvalue weighted by Gasteiger charge is 2.37. The molecule has 0 aliphatic carbocycles. The first kappa shape index (κ1) is 29.5. The van der Waals surface area contributed by atoms with E-state index in [4.69, 9.17) is 34.2 Å². The van der Waals surface area contributed by atoms with Gasteiger partial charge in [0.2, 0.25) is 0 Å². The number of nitrogens with two attached hydrogens (primary N) is 1. The van der Waals surface area contributed by atoms with Crippen molar-refractivity contribution in [3.05, 3.63) is 23.8 Å². The van der Waals surface area contributed by atoms with Gasteiger partial charge in [-0.1, -0.05) is 6.07 Å². The van der Waals surface area contributed by atoms with Crippen LogP contribution in [0.1, 0.15) is 53.5 Å². The monoisotopic (exact) mass is 499 g/mol. The molecule has 0 aliphatic rings. The molecule has 1 rings (SSSR count). The van der Waals surface area contributed by atoms with Gasteiger partial charge in [0.1, 0.15) is 11.6 Å². The summed E-state index contributed by atoms with van der Waals surface area (Å²) in [6.07, 6.45) is -5.33. The second-order valence-corrected chi connectivity index (χ2v) is 8.27. The highest BCUT2D eigenvalue weighted by Crippen LogP contribution is 2.31. The number of carboxylic acids is 1. The lowest BCUT2D eigenvalue weighted by Gasteiger charge is -2.28. The van der Waals surface area contributed by atoms with Crippen LogP contribution in [-0.2, 0) is 30.2 Å². The summed E-state index contributed by atoms with van der Waals surface area (Å²) in [6.45, 7) is 9.66. The highest BCUT2D eigenvalue weighted by molar-refractivity contribution is 5.79. The van der Waals surface area contributed by atoms with Crippen LogP contribution < -0.4 is 15.2 Å². The van der Waals surface area contributed by atoms with E-state index in [2.05, 4.69) is 0 Å². The first-order valence-electron chi connectivity index (χ1n) is 11.0. The normalized spacial score (nSPS) is 13.4. The first-order chi connectivity index (χ1) is 16.2. The average Bonchev–Trinajstić information content (AvgIpc) is 2.68. The molecule has 196 valence electrons. The third kappa shape index (κ3) is 10.5. The van der Waals surface area contributed by atoms with E-state index in [0.29, 0.717) is 5.56 Å². The van der Waals surface area contributed by atoms with E-state index in [1.165, 1.54) is 25.1 Å². The molecule has 1 unspecified atom stereocenters. The maximum absolute atomic E-state index is 12.0. The number of benzene rings is 1. The Kier molecular flexibility index (Phi) is 11.3. The van der Waals surface area contributed by atoms with E-state index in [-0.39, 0.29) is 30.9 Å². The van der Waals surface area contributed by atoms with Crippen molar-refractivity contribution < 1.29 is 52.7 Å². The van der Waals surface area contributed by atoms with Gasteiger partial charge in [0, 0.05) is 12.8 Å². The first-order valence-corrected chi connectivity index (χ1v) is 11.0. The molecule has 0 spiro atoms. The Morgan fingerprint density at radius 1 is 0.886 bits per heavy atom. The second kappa shape index (κ2) is 13.4.